The number of hydrogen-bond donors (Lipinski definition) is 0. The standard InChI is InChI=1S/C23H18ClNP/c24-22-18-25-17-16-23(22)26(19-10-4-1-5-11-19,20-12-6-2-7-13-20)21-14-8-3-9-15-21/h1-18H/q+1. The number of nitrogens with zero attached hydrogens (tertiary/aromatic N) is 1. The Morgan fingerprint density at radius 2 is 1.00 bits per heavy atom. The van der Waals surface area contributed by atoms with Crippen LogP contribution in [0, 0.1) is 0 Å². The molecule has 0 spiro atoms. The SMILES string of the molecule is Clc1cnccc1[P+](c1ccccc1)(c1ccccc1)c1ccccc1. The maximum Gasteiger partial charge on any atom is 0.145 e. The largest absolute Gasteiger partial charge is 0.263 e. The highest BCUT2D eigenvalue weighted by Gasteiger charge is 2.49. The number of benzene rings is 3. The third kappa shape index (κ3) is 2.84. The molecule has 0 aliphatic heterocycles. The first-order valence-corrected chi connectivity index (χ1v) is 10.7. The minimum atomic E-state index is -2.12. The molecular weight excluding hydrogens is 357 g/mol. The van der Waals surface area contributed by atoms with Gasteiger partial charge in [0.05, 0.1) is 0 Å². The quantitative estimate of drug-likeness (QED) is 0.484. The van der Waals surface area contributed by atoms with Gasteiger partial charge in [-0.25, -0.2) is 0 Å². The molecule has 3 heteroatoms. The molecule has 26 heavy (non-hydrogen) atoms. The third-order valence-corrected chi connectivity index (χ3v) is 9.31. The molecule has 0 aliphatic carbocycles. The Bertz CT molecular complexity index is 891. The minimum absolute atomic E-state index is 0.706. The minimum Gasteiger partial charge on any atom is -0.263 e. The molecule has 0 fully saturated rings. The van der Waals surface area contributed by atoms with Gasteiger partial charge in [0.2, 0.25) is 0 Å². The lowest BCUT2D eigenvalue weighted by atomic mass is 10.3. The van der Waals surface area contributed by atoms with Crippen molar-refractivity contribution in [1.29, 1.82) is 0 Å². The third-order valence-electron chi connectivity index (χ3n) is 4.54. The lowest BCUT2D eigenvalue weighted by molar-refractivity contribution is 1.34. The highest BCUT2D eigenvalue weighted by atomic mass is 35.5. The van der Waals surface area contributed by atoms with Gasteiger partial charge in [0.25, 0.3) is 0 Å². The molecular formula is C23H18ClNP+. The van der Waals surface area contributed by atoms with E-state index >= 15 is 0 Å². The first kappa shape index (κ1) is 17.0. The van der Waals surface area contributed by atoms with E-state index in [4.69, 9.17) is 11.6 Å². The van der Waals surface area contributed by atoms with Crippen LogP contribution in [0.4, 0.5) is 0 Å². The molecule has 0 amide bonds. The van der Waals surface area contributed by atoms with Crippen LogP contribution in [-0.2, 0) is 0 Å². The first-order valence-electron chi connectivity index (χ1n) is 8.49. The van der Waals surface area contributed by atoms with Crippen molar-refractivity contribution in [3.8, 4) is 0 Å². The zero-order valence-electron chi connectivity index (χ0n) is 14.2. The van der Waals surface area contributed by atoms with Crippen molar-refractivity contribution in [2.75, 3.05) is 0 Å². The van der Waals surface area contributed by atoms with Gasteiger partial charge in [-0.15, -0.1) is 0 Å². The van der Waals surface area contributed by atoms with Crippen molar-refractivity contribution in [2.45, 2.75) is 0 Å². The first-order chi connectivity index (χ1) is 12.8. The smallest absolute Gasteiger partial charge is 0.145 e. The van der Waals surface area contributed by atoms with Crippen LogP contribution >= 0.6 is 18.9 Å². The summed E-state index contributed by atoms with van der Waals surface area (Å²) in [5, 5.41) is 5.69. The zero-order valence-corrected chi connectivity index (χ0v) is 15.8. The van der Waals surface area contributed by atoms with Crippen molar-refractivity contribution < 1.29 is 0 Å². The number of halogens is 1. The summed E-state index contributed by atoms with van der Waals surface area (Å²) in [6.45, 7) is 0. The van der Waals surface area contributed by atoms with Gasteiger partial charge in [-0.2, -0.15) is 0 Å². The Balaban J connectivity index is 2.17. The lowest BCUT2D eigenvalue weighted by Gasteiger charge is -2.28. The monoisotopic (exact) mass is 374 g/mol. The van der Waals surface area contributed by atoms with Crippen LogP contribution in [0.2, 0.25) is 5.02 Å². The van der Waals surface area contributed by atoms with Gasteiger partial charge in [-0.3, -0.25) is 4.98 Å². The van der Waals surface area contributed by atoms with Gasteiger partial charge in [0, 0.05) is 18.5 Å². The van der Waals surface area contributed by atoms with E-state index in [9.17, 15) is 0 Å². The molecule has 1 aromatic heterocycles. The molecule has 0 radical (unpaired) electrons. The molecule has 3 aromatic carbocycles. The molecule has 4 aromatic rings. The summed E-state index contributed by atoms with van der Waals surface area (Å²) in [6.07, 6.45) is 3.59. The van der Waals surface area contributed by atoms with E-state index in [0.717, 1.165) is 5.30 Å². The van der Waals surface area contributed by atoms with Gasteiger partial charge >= 0.3 is 0 Å². The number of hydrogen-bond acceptors (Lipinski definition) is 1. The normalized spacial score (nSPS) is 11.3. The highest BCUT2D eigenvalue weighted by molar-refractivity contribution is 8.01. The molecule has 0 saturated heterocycles. The fourth-order valence-corrected chi connectivity index (χ4v) is 8.21. The molecule has 0 aliphatic rings. The van der Waals surface area contributed by atoms with E-state index in [-0.39, 0.29) is 0 Å². The number of rotatable bonds is 4. The van der Waals surface area contributed by atoms with Gasteiger partial charge in [0.1, 0.15) is 33.5 Å². The van der Waals surface area contributed by atoms with Crippen LogP contribution in [0.1, 0.15) is 0 Å². The maximum absolute atomic E-state index is 6.72. The highest BCUT2D eigenvalue weighted by Crippen LogP contribution is 2.55. The predicted molar refractivity (Wildman–Crippen MR) is 114 cm³/mol. The average Bonchev–Trinajstić information content (AvgIpc) is 2.72. The molecule has 0 bridgehead atoms. The van der Waals surface area contributed by atoms with E-state index in [0.29, 0.717) is 5.02 Å². The Morgan fingerprint density at radius 1 is 0.577 bits per heavy atom. The maximum atomic E-state index is 6.72. The van der Waals surface area contributed by atoms with Gasteiger partial charge in [-0.05, 0) is 36.4 Å². The second kappa shape index (κ2) is 7.41. The number of pyridine rings is 1. The topological polar surface area (TPSA) is 12.9 Å². The zero-order chi connectivity index (χ0) is 17.8. The van der Waals surface area contributed by atoms with E-state index in [2.05, 4.69) is 102 Å². The Labute approximate surface area is 159 Å². The summed E-state index contributed by atoms with van der Waals surface area (Å²) in [4.78, 5) is 4.23. The van der Waals surface area contributed by atoms with Crippen LogP contribution in [0.15, 0.2) is 109 Å². The second-order valence-electron chi connectivity index (χ2n) is 6.00. The van der Waals surface area contributed by atoms with Crippen LogP contribution < -0.4 is 21.2 Å². The molecule has 126 valence electrons. The van der Waals surface area contributed by atoms with Crippen molar-refractivity contribution >= 4 is 40.1 Å². The Hall–Kier alpha value is -2.47. The molecule has 1 nitrogen and oxygen atoms in total. The van der Waals surface area contributed by atoms with Gasteiger partial charge in [0.15, 0.2) is 0 Å². The number of aromatic nitrogens is 1. The fraction of sp³-hybridized carbons (Fsp3) is 0. The van der Waals surface area contributed by atoms with Crippen molar-refractivity contribution in [3.63, 3.8) is 0 Å². The van der Waals surface area contributed by atoms with Gasteiger partial charge < -0.3 is 0 Å². The fourth-order valence-electron chi connectivity index (χ4n) is 3.46. The summed E-state index contributed by atoms with van der Waals surface area (Å²) in [5.41, 5.74) is 0. The summed E-state index contributed by atoms with van der Waals surface area (Å²) in [5.74, 6) is 0. The van der Waals surface area contributed by atoms with Crippen LogP contribution in [0.3, 0.4) is 0 Å². The lowest BCUT2D eigenvalue weighted by Crippen LogP contribution is -2.39. The van der Waals surface area contributed by atoms with Crippen molar-refractivity contribution in [2.24, 2.45) is 0 Å². The summed E-state index contributed by atoms with van der Waals surface area (Å²) < 4.78 is 0. The molecule has 1 heterocycles. The second-order valence-corrected chi connectivity index (χ2v) is 9.78. The molecule has 4 rings (SSSR count). The van der Waals surface area contributed by atoms with Crippen molar-refractivity contribution in [3.05, 3.63) is 114 Å². The Kier molecular flexibility index (Phi) is 4.84. The van der Waals surface area contributed by atoms with Crippen LogP contribution in [0.25, 0.3) is 0 Å². The van der Waals surface area contributed by atoms with E-state index in [1.165, 1.54) is 15.9 Å². The van der Waals surface area contributed by atoms with Crippen molar-refractivity contribution in [1.82, 2.24) is 4.98 Å². The van der Waals surface area contributed by atoms with Gasteiger partial charge in [-0.1, -0.05) is 66.2 Å². The van der Waals surface area contributed by atoms with Crippen LogP contribution in [0.5, 0.6) is 0 Å². The summed E-state index contributed by atoms with van der Waals surface area (Å²) in [7, 11) is -2.12. The summed E-state index contributed by atoms with van der Waals surface area (Å²) >= 11 is 6.72. The molecule has 0 unspecified atom stereocenters. The van der Waals surface area contributed by atoms with E-state index in [1.54, 1.807) is 6.20 Å². The van der Waals surface area contributed by atoms with Crippen LogP contribution in [-0.4, -0.2) is 4.98 Å². The van der Waals surface area contributed by atoms with E-state index in [1.807, 2.05) is 6.20 Å². The molecule has 0 saturated carbocycles. The van der Waals surface area contributed by atoms with E-state index < -0.39 is 7.26 Å². The predicted octanol–water partition coefficient (Wildman–Crippen LogP) is 4.35. The Morgan fingerprint density at radius 3 is 1.38 bits per heavy atom. The average molecular weight is 375 g/mol. The molecule has 0 N–H and O–H groups in total. The molecule has 0 atom stereocenters. The summed E-state index contributed by atoms with van der Waals surface area (Å²) in [6, 6.07) is 34.1.